The minimum Gasteiger partial charge on any atom is -0.262 e. The van der Waals surface area contributed by atoms with Gasteiger partial charge in [0, 0.05) is 12.4 Å². The van der Waals surface area contributed by atoms with E-state index in [-0.39, 0.29) is 0 Å². The van der Waals surface area contributed by atoms with E-state index < -0.39 is 0 Å². The van der Waals surface area contributed by atoms with Gasteiger partial charge in [0.1, 0.15) is 0 Å². The predicted molar refractivity (Wildman–Crippen MR) is 42.0 cm³/mol. The molecule has 1 rings (SSSR count). The minimum absolute atomic E-state index is 0.530. The number of nitrogens with zero attached hydrogens (tertiary/aromatic N) is 1. The average molecular weight is 227 g/mol. The molecule has 0 amide bonds. The van der Waals surface area contributed by atoms with Crippen LogP contribution in [0.5, 0.6) is 0 Å². The summed E-state index contributed by atoms with van der Waals surface area (Å²) >= 11 is 14.4. The Kier molecular flexibility index (Phi) is 2.33. The van der Waals surface area contributed by atoms with Crippen molar-refractivity contribution < 1.29 is 0 Å². The molecule has 0 saturated heterocycles. The Labute approximate surface area is 71.1 Å². The van der Waals surface area contributed by atoms with Crippen LogP contribution in [0.25, 0.3) is 0 Å². The normalized spacial score (nSPS) is 9.67. The van der Waals surface area contributed by atoms with Crippen LogP contribution >= 0.6 is 39.1 Å². The summed E-state index contributed by atoms with van der Waals surface area (Å²) in [6, 6.07) is 0. The van der Waals surface area contributed by atoms with E-state index in [0.29, 0.717) is 14.5 Å². The van der Waals surface area contributed by atoms with Crippen LogP contribution in [0.2, 0.25) is 10.0 Å². The van der Waals surface area contributed by atoms with Crippen molar-refractivity contribution >= 4 is 39.1 Å². The number of pyridine rings is 1. The molecule has 1 heterocycles. The lowest BCUT2D eigenvalue weighted by Gasteiger charge is -1.94. The molecule has 0 saturated carbocycles. The second-order valence-electron chi connectivity index (χ2n) is 1.42. The molecular weight excluding hydrogens is 225 g/mol. The molecule has 48 valence electrons. The topological polar surface area (TPSA) is 12.9 Å². The Bertz CT molecular complexity index is 206. The number of halogens is 3. The van der Waals surface area contributed by atoms with Crippen LogP contribution in [-0.4, -0.2) is 4.98 Å². The third-order valence-electron chi connectivity index (χ3n) is 0.795. The smallest absolute Gasteiger partial charge is 0.0746 e. The van der Waals surface area contributed by atoms with Gasteiger partial charge in [-0.1, -0.05) is 23.2 Å². The van der Waals surface area contributed by atoms with Crippen molar-refractivity contribution in [2.24, 2.45) is 0 Å². The molecule has 9 heavy (non-hydrogen) atoms. The van der Waals surface area contributed by atoms with Crippen molar-refractivity contribution in [3.8, 4) is 0 Å². The van der Waals surface area contributed by atoms with E-state index in [1.165, 1.54) is 12.4 Å². The minimum atomic E-state index is 0.530. The standard InChI is InChI=1S/C5H2BrCl2N/c6-5-3(7)1-9-2-4(5)8/h1-2H. The van der Waals surface area contributed by atoms with Crippen LogP contribution in [0.4, 0.5) is 0 Å². The molecule has 0 fully saturated rings. The maximum Gasteiger partial charge on any atom is 0.0746 e. The fourth-order valence-electron chi connectivity index (χ4n) is 0.396. The maximum atomic E-state index is 5.62. The van der Waals surface area contributed by atoms with Crippen molar-refractivity contribution in [2.75, 3.05) is 0 Å². The van der Waals surface area contributed by atoms with Crippen molar-refractivity contribution in [2.45, 2.75) is 0 Å². The number of hydrogen-bond acceptors (Lipinski definition) is 1. The Balaban J connectivity index is 3.25. The van der Waals surface area contributed by atoms with Gasteiger partial charge in [-0.05, 0) is 15.9 Å². The summed E-state index contributed by atoms with van der Waals surface area (Å²) in [6.07, 6.45) is 3.05. The summed E-state index contributed by atoms with van der Waals surface area (Å²) in [7, 11) is 0. The SMILES string of the molecule is Clc1cncc(Cl)c1Br. The van der Waals surface area contributed by atoms with Gasteiger partial charge in [0.2, 0.25) is 0 Å². The lowest BCUT2D eigenvalue weighted by molar-refractivity contribution is 1.32. The summed E-state index contributed by atoms with van der Waals surface area (Å²) in [5.41, 5.74) is 0. The molecule has 0 N–H and O–H groups in total. The monoisotopic (exact) mass is 225 g/mol. The Morgan fingerprint density at radius 1 is 1.22 bits per heavy atom. The second kappa shape index (κ2) is 2.86. The first kappa shape index (κ1) is 7.32. The molecule has 1 nitrogen and oxygen atoms in total. The molecule has 0 spiro atoms. The molecular formula is C5H2BrCl2N. The van der Waals surface area contributed by atoms with Gasteiger partial charge < -0.3 is 0 Å². The van der Waals surface area contributed by atoms with E-state index in [9.17, 15) is 0 Å². The van der Waals surface area contributed by atoms with Crippen LogP contribution in [-0.2, 0) is 0 Å². The molecule has 0 unspecified atom stereocenters. The molecule has 1 aromatic heterocycles. The first-order valence-electron chi connectivity index (χ1n) is 2.16. The number of aromatic nitrogens is 1. The first-order valence-corrected chi connectivity index (χ1v) is 3.71. The third kappa shape index (κ3) is 1.57. The van der Waals surface area contributed by atoms with Gasteiger partial charge in [-0.15, -0.1) is 0 Å². The first-order chi connectivity index (χ1) is 4.22. The third-order valence-corrected chi connectivity index (χ3v) is 2.68. The van der Waals surface area contributed by atoms with Gasteiger partial charge in [0.15, 0.2) is 0 Å². The Hall–Kier alpha value is 0.210. The lowest BCUT2D eigenvalue weighted by atomic mass is 10.5. The second-order valence-corrected chi connectivity index (χ2v) is 3.02. The molecule has 0 radical (unpaired) electrons. The molecule has 0 aromatic carbocycles. The molecule has 0 aliphatic heterocycles. The Morgan fingerprint density at radius 2 is 1.67 bits per heavy atom. The Morgan fingerprint density at radius 3 is 2.00 bits per heavy atom. The number of rotatable bonds is 0. The van der Waals surface area contributed by atoms with E-state index in [1.54, 1.807) is 0 Å². The van der Waals surface area contributed by atoms with Gasteiger partial charge in [0.05, 0.1) is 14.5 Å². The quantitative estimate of drug-likeness (QED) is 0.663. The van der Waals surface area contributed by atoms with Gasteiger partial charge in [-0.2, -0.15) is 0 Å². The predicted octanol–water partition coefficient (Wildman–Crippen LogP) is 3.15. The van der Waals surface area contributed by atoms with E-state index in [1.807, 2.05) is 0 Å². The summed E-state index contributed by atoms with van der Waals surface area (Å²) < 4.78 is 0.695. The van der Waals surface area contributed by atoms with Gasteiger partial charge in [0.25, 0.3) is 0 Å². The average Bonchev–Trinajstić information content (AvgIpc) is 1.83. The number of hydrogen-bond donors (Lipinski definition) is 0. The van der Waals surface area contributed by atoms with Gasteiger partial charge in [-0.3, -0.25) is 4.98 Å². The highest BCUT2D eigenvalue weighted by atomic mass is 79.9. The van der Waals surface area contributed by atoms with E-state index >= 15 is 0 Å². The zero-order valence-electron chi connectivity index (χ0n) is 4.24. The highest BCUT2D eigenvalue weighted by Gasteiger charge is 1.99. The van der Waals surface area contributed by atoms with E-state index in [2.05, 4.69) is 20.9 Å². The van der Waals surface area contributed by atoms with Crippen LogP contribution in [0.1, 0.15) is 0 Å². The van der Waals surface area contributed by atoms with Crippen LogP contribution < -0.4 is 0 Å². The molecule has 4 heteroatoms. The fourth-order valence-corrected chi connectivity index (χ4v) is 0.965. The van der Waals surface area contributed by atoms with Gasteiger partial charge >= 0.3 is 0 Å². The fraction of sp³-hybridized carbons (Fsp3) is 0. The summed E-state index contributed by atoms with van der Waals surface area (Å²) in [4.78, 5) is 3.75. The van der Waals surface area contributed by atoms with Crippen molar-refractivity contribution in [1.82, 2.24) is 4.98 Å². The molecule has 0 atom stereocenters. The summed E-state index contributed by atoms with van der Waals surface area (Å²) in [5.74, 6) is 0. The van der Waals surface area contributed by atoms with Crippen LogP contribution in [0, 0.1) is 0 Å². The van der Waals surface area contributed by atoms with E-state index in [4.69, 9.17) is 23.2 Å². The summed E-state index contributed by atoms with van der Waals surface area (Å²) in [6.45, 7) is 0. The highest BCUT2D eigenvalue weighted by molar-refractivity contribution is 9.10. The van der Waals surface area contributed by atoms with Crippen LogP contribution in [0.15, 0.2) is 16.9 Å². The van der Waals surface area contributed by atoms with Crippen molar-refractivity contribution in [3.63, 3.8) is 0 Å². The van der Waals surface area contributed by atoms with Crippen LogP contribution in [0.3, 0.4) is 0 Å². The highest BCUT2D eigenvalue weighted by Crippen LogP contribution is 2.27. The molecule has 1 aromatic rings. The molecule has 0 aliphatic carbocycles. The van der Waals surface area contributed by atoms with Gasteiger partial charge in [-0.25, -0.2) is 0 Å². The summed E-state index contributed by atoms with van der Waals surface area (Å²) in [5, 5.41) is 1.06. The molecule has 0 bridgehead atoms. The lowest BCUT2D eigenvalue weighted by Crippen LogP contribution is -1.73. The zero-order valence-corrected chi connectivity index (χ0v) is 7.33. The van der Waals surface area contributed by atoms with Crippen molar-refractivity contribution in [1.29, 1.82) is 0 Å². The maximum absolute atomic E-state index is 5.62. The van der Waals surface area contributed by atoms with Crippen molar-refractivity contribution in [3.05, 3.63) is 26.9 Å². The largest absolute Gasteiger partial charge is 0.262 e. The van der Waals surface area contributed by atoms with E-state index in [0.717, 1.165) is 0 Å². The zero-order chi connectivity index (χ0) is 6.85. The molecule has 0 aliphatic rings.